The van der Waals surface area contributed by atoms with Crippen LogP contribution in [0.15, 0.2) is 72.9 Å². The third-order valence-electron chi connectivity index (χ3n) is 6.25. The highest BCUT2D eigenvalue weighted by Gasteiger charge is 2.25. The summed E-state index contributed by atoms with van der Waals surface area (Å²) in [7, 11) is 2.16. The SMILES string of the molecule is Cc1c2c(cc3c4ccccc4c4ccc[n+](C)c4c13)Cc1ccccc1-2. The minimum absolute atomic E-state index is 1.04. The van der Waals surface area contributed by atoms with Crippen LogP contribution in [0.2, 0.25) is 0 Å². The lowest BCUT2D eigenvalue weighted by atomic mass is 9.89. The maximum atomic E-state index is 2.45. The monoisotopic (exact) mass is 346 g/mol. The van der Waals surface area contributed by atoms with E-state index in [0.29, 0.717) is 0 Å². The maximum Gasteiger partial charge on any atom is 0.221 e. The highest BCUT2D eigenvalue weighted by molar-refractivity contribution is 6.25. The molecule has 0 saturated heterocycles. The molecule has 1 aromatic heterocycles. The summed E-state index contributed by atoms with van der Waals surface area (Å²) in [6.07, 6.45) is 3.20. The van der Waals surface area contributed by atoms with Gasteiger partial charge in [0, 0.05) is 6.07 Å². The molecule has 1 heteroatoms. The average molecular weight is 346 g/mol. The van der Waals surface area contributed by atoms with Gasteiger partial charge in [0.1, 0.15) is 7.05 Å². The lowest BCUT2D eigenvalue weighted by Gasteiger charge is -2.14. The van der Waals surface area contributed by atoms with Gasteiger partial charge in [0.05, 0.1) is 10.8 Å². The van der Waals surface area contributed by atoms with Crippen LogP contribution in [0.5, 0.6) is 0 Å². The first-order valence-corrected chi connectivity index (χ1v) is 9.57. The summed E-state index contributed by atoms with van der Waals surface area (Å²) in [5.41, 5.74) is 8.50. The summed E-state index contributed by atoms with van der Waals surface area (Å²) in [4.78, 5) is 0. The van der Waals surface area contributed by atoms with Gasteiger partial charge in [0.25, 0.3) is 0 Å². The quantitative estimate of drug-likeness (QED) is 0.240. The number of pyridine rings is 1. The third kappa shape index (κ3) is 1.86. The molecule has 0 spiro atoms. The van der Waals surface area contributed by atoms with E-state index in [2.05, 4.69) is 91.5 Å². The zero-order valence-corrected chi connectivity index (χ0v) is 15.6. The molecule has 6 rings (SSSR count). The van der Waals surface area contributed by atoms with Crippen LogP contribution in [0.25, 0.3) is 43.6 Å². The van der Waals surface area contributed by atoms with Crippen LogP contribution in [-0.2, 0) is 13.5 Å². The molecule has 1 nitrogen and oxygen atoms in total. The van der Waals surface area contributed by atoms with Gasteiger partial charge in [0.15, 0.2) is 6.20 Å². The van der Waals surface area contributed by atoms with Gasteiger partial charge in [-0.15, -0.1) is 0 Å². The Morgan fingerprint density at radius 2 is 1.44 bits per heavy atom. The van der Waals surface area contributed by atoms with E-state index in [1.807, 2.05) is 0 Å². The Hall–Kier alpha value is -3.19. The Labute approximate surface area is 158 Å². The van der Waals surface area contributed by atoms with Crippen LogP contribution in [0, 0.1) is 6.92 Å². The molecular weight excluding hydrogens is 326 g/mol. The van der Waals surface area contributed by atoms with E-state index < -0.39 is 0 Å². The molecule has 0 saturated carbocycles. The third-order valence-corrected chi connectivity index (χ3v) is 6.25. The van der Waals surface area contributed by atoms with Gasteiger partial charge in [0.2, 0.25) is 5.52 Å². The van der Waals surface area contributed by atoms with Crippen LogP contribution >= 0.6 is 0 Å². The van der Waals surface area contributed by atoms with Crippen LogP contribution in [0.3, 0.4) is 0 Å². The molecule has 4 aromatic carbocycles. The molecular formula is C26H20N+. The van der Waals surface area contributed by atoms with Crippen molar-refractivity contribution in [3.8, 4) is 11.1 Å². The fourth-order valence-corrected chi connectivity index (χ4v) is 5.13. The van der Waals surface area contributed by atoms with Gasteiger partial charge in [-0.3, -0.25) is 0 Å². The maximum absolute atomic E-state index is 2.45. The van der Waals surface area contributed by atoms with Crippen molar-refractivity contribution >= 4 is 32.4 Å². The fraction of sp³-hybridized carbons (Fsp3) is 0.115. The summed E-state index contributed by atoms with van der Waals surface area (Å²) in [6.45, 7) is 2.31. The molecule has 0 aliphatic heterocycles. The highest BCUT2D eigenvalue weighted by Crippen LogP contribution is 2.45. The van der Waals surface area contributed by atoms with Crippen molar-refractivity contribution in [3.05, 3.63) is 89.6 Å². The van der Waals surface area contributed by atoms with Crippen LogP contribution in [0.4, 0.5) is 0 Å². The molecule has 1 aliphatic rings. The second kappa shape index (κ2) is 5.17. The summed E-state index contributed by atoms with van der Waals surface area (Å²) in [5.74, 6) is 0. The molecule has 0 amide bonds. The molecule has 0 fully saturated rings. The van der Waals surface area contributed by atoms with Gasteiger partial charge in [-0.2, -0.15) is 0 Å². The molecule has 5 aromatic rings. The van der Waals surface area contributed by atoms with Gasteiger partial charge >= 0.3 is 0 Å². The highest BCUT2D eigenvalue weighted by atomic mass is 14.9. The summed E-state index contributed by atoms with van der Waals surface area (Å²) in [5, 5.41) is 6.79. The molecule has 0 unspecified atom stereocenters. The van der Waals surface area contributed by atoms with Crippen molar-refractivity contribution in [3.63, 3.8) is 0 Å². The number of rotatable bonds is 0. The predicted octanol–water partition coefficient (Wildman–Crippen LogP) is 5.85. The summed E-state index contributed by atoms with van der Waals surface area (Å²) >= 11 is 0. The first kappa shape index (κ1) is 14.9. The normalized spacial score (nSPS) is 12.7. The van der Waals surface area contributed by atoms with E-state index in [9.17, 15) is 0 Å². The first-order valence-electron chi connectivity index (χ1n) is 9.57. The number of hydrogen-bond acceptors (Lipinski definition) is 0. The zero-order valence-electron chi connectivity index (χ0n) is 15.6. The summed E-state index contributed by atoms with van der Waals surface area (Å²) < 4.78 is 2.28. The Morgan fingerprint density at radius 3 is 2.30 bits per heavy atom. The van der Waals surface area contributed by atoms with E-state index in [1.54, 1.807) is 0 Å². The number of benzene rings is 4. The lowest BCUT2D eigenvalue weighted by molar-refractivity contribution is -0.644. The van der Waals surface area contributed by atoms with Gasteiger partial charge in [-0.25, -0.2) is 4.57 Å². The Morgan fingerprint density at radius 1 is 0.741 bits per heavy atom. The first-order chi connectivity index (χ1) is 13.2. The van der Waals surface area contributed by atoms with Gasteiger partial charge in [-0.1, -0.05) is 48.5 Å². The molecule has 128 valence electrons. The second-order valence-corrected chi connectivity index (χ2v) is 7.72. The van der Waals surface area contributed by atoms with E-state index in [-0.39, 0.29) is 0 Å². The molecule has 1 aliphatic carbocycles. The topological polar surface area (TPSA) is 3.88 Å². The van der Waals surface area contributed by atoms with Gasteiger partial charge in [-0.05, 0) is 69.5 Å². The molecule has 0 N–H and O–H groups in total. The van der Waals surface area contributed by atoms with E-state index in [4.69, 9.17) is 0 Å². The van der Waals surface area contributed by atoms with E-state index in [0.717, 1.165) is 6.42 Å². The van der Waals surface area contributed by atoms with E-state index in [1.165, 1.54) is 60.3 Å². The number of nitrogens with zero attached hydrogens (tertiary/aromatic N) is 1. The molecule has 0 bridgehead atoms. The van der Waals surface area contributed by atoms with Crippen molar-refractivity contribution in [2.24, 2.45) is 7.05 Å². The van der Waals surface area contributed by atoms with Crippen LogP contribution in [-0.4, -0.2) is 0 Å². The number of hydrogen-bond donors (Lipinski definition) is 0. The fourth-order valence-electron chi connectivity index (χ4n) is 5.13. The van der Waals surface area contributed by atoms with Crippen molar-refractivity contribution in [1.29, 1.82) is 0 Å². The Kier molecular flexibility index (Phi) is 2.86. The molecule has 0 atom stereocenters. The average Bonchev–Trinajstić information content (AvgIpc) is 3.07. The lowest BCUT2D eigenvalue weighted by Crippen LogP contribution is -2.28. The molecule has 27 heavy (non-hydrogen) atoms. The van der Waals surface area contributed by atoms with Crippen LogP contribution < -0.4 is 4.57 Å². The smallest absolute Gasteiger partial charge is 0.200 e. The second-order valence-electron chi connectivity index (χ2n) is 7.72. The standard InChI is InChI=1S/C26H20N/c1-16-24-18(14-17-8-3-4-9-19(17)24)15-23-21-11-6-5-10-20(21)22-12-7-13-27(2)26(22)25(16)23/h3-13,15H,14H2,1-2H3/q+1. The van der Waals surface area contributed by atoms with Crippen molar-refractivity contribution in [2.75, 3.05) is 0 Å². The Bertz CT molecular complexity index is 1410. The van der Waals surface area contributed by atoms with Crippen molar-refractivity contribution in [2.45, 2.75) is 13.3 Å². The minimum Gasteiger partial charge on any atom is -0.200 e. The number of fused-ring (bicyclic) bond motifs is 9. The largest absolute Gasteiger partial charge is 0.221 e. The molecule has 0 radical (unpaired) electrons. The number of aryl methyl sites for hydroxylation is 2. The number of aromatic nitrogens is 1. The van der Waals surface area contributed by atoms with Gasteiger partial charge < -0.3 is 0 Å². The predicted molar refractivity (Wildman–Crippen MR) is 113 cm³/mol. The van der Waals surface area contributed by atoms with E-state index >= 15 is 0 Å². The molecule has 1 heterocycles. The minimum atomic E-state index is 1.04. The Balaban J connectivity index is 1.93. The van der Waals surface area contributed by atoms with Crippen molar-refractivity contribution < 1.29 is 4.57 Å². The summed E-state index contributed by atoms with van der Waals surface area (Å²) in [6, 6.07) is 24.6. The van der Waals surface area contributed by atoms with Crippen LogP contribution in [0.1, 0.15) is 16.7 Å². The van der Waals surface area contributed by atoms with Crippen molar-refractivity contribution in [1.82, 2.24) is 0 Å². The zero-order chi connectivity index (χ0) is 18.1.